The van der Waals surface area contributed by atoms with Crippen molar-refractivity contribution in [3.05, 3.63) is 0 Å². The standard InChI is InChI=1S/C13H26N4O/c1-4-6-12-11(7-5-8-14)13(18)17(15-12)10-9-16(2)3/h11H,4-10,14H2,1-3H3. The molecular formula is C13H26N4O. The van der Waals surface area contributed by atoms with Gasteiger partial charge < -0.3 is 10.6 Å². The van der Waals surface area contributed by atoms with E-state index in [0.29, 0.717) is 13.1 Å². The smallest absolute Gasteiger partial charge is 0.251 e. The monoisotopic (exact) mass is 254 g/mol. The molecule has 104 valence electrons. The van der Waals surface area contributed by atoms with E-state index < -0.39 is 0 Å². The largest absolute Gasteiger partial charge is 0.330 e. The van der Waals surface area contributed by atoms with Crippen molar-refractivity contribution in [1.82, 2.24) is 9.91 Å². The van der Waals surface area contributed by atoms with Gasteiger partial charge in [-0.1, -0.05) is 13.3 Å². The van der Waals surface area contributed by atoms with Gasteiger partial charge in [0.2, 0.25) is 0 Å². The molecule has 0 aromatic carbocycles. The fourth-order valence-corrected chi connectivity index (χ4v) is 2.14. The molecule has 18 heavy (non-hydrogen) atoms. The van der Waals surface area contributed by atoms with Crippen LogP contribution in [0.1, 0.15) is 32.6 Å². The molecule has 0 bridgehead atoms. The molecular weight excluding hydrogens is 228 g/mol. The van der Waals surface area contributed by atoms with Gasteiger partial charge in [-0.15, -0.1) is 0 Å². The fraction of sp³-hybridized carbons (Fsp3) is 0.846. The summed E-state index contributed by atoms with van der Waals surface area (Å²) >= 11 is 0. The van der Waals surface area contributed by atoms with Gasteiger partial charge in [0, 0.05) is 6.54 Å². The van der Waals surface area contributed by atoms with Crippen LogP contribution in [0.2, 0.25) is 0 Å². The highest BCUT2D eigenvalue weighted by molar-refractivity contribution is 6.07. The van der Waals surface area contributed by atoms with Gasteiger partial charge in [-0.3, -0.25) is 4.79 Å². The van der Waals surface area contributed by atoms with E-state index in [1.165, 1.54) is 0 Å². The molecule has 1 unspecified atom stereocenters. The highest BCUT2D eigenvalue weighted by Crippen LogP contribution is 2.22. The van der Waals surface area contributed by atoms with Gasteiger partial charge in [-0.05, 0) is 39.9 Å². The number of nitrogens with two attached hydrogens (primary N) is 1. The number of likely N-dealkylation sites (N-methyl/N-ethyl adjacent to an activating group) is 1. The molecule has 1 aliphatic rings. The van der Waals surface area contributed by atoms with Crippen molar-refractivity contribution < 1.29 is 4.79 Å². The lowest BCUT2D eigenvalue weighted by atomic mass is 9.95. The predicted molar refractivity (Wildman–Crippen MR) is 74.4 cm³/mol. The van der Waals surface area contributed by atoms with Crippen molar-refractivity contribution in [3.8, 4) is 0 Å². The summed E-state index contributed by atoms with van der Waals surface area (Å²) in [6.07, 6.45) is 3.68. The third-order valence-corrected chi connectivity index (χ3v) is 3.17. The Morgan fingerprint density at radius 1 is 1.44 bits per heavy atom. The Morgan fingerprint density at radius 3 is 2.72 bits per heavy atom. The first-order valence-electron chi connectivity index (χ1n) is 6.83. The van der Waals surface area contributed by atoms with Crippen molar-refractivity contribution in [3.63, 3.8) is 0 Å². The normalized spacial score (nSPS) is 19.8. The van der Waals surface area contributed by atoms with Gasteiger partial charge in [0.25, 0.3) is 5.91 Å². The summed E-state index contributed by atoms with van der Waals surface area (Å²) in [5.41, 5.74) is 6.58. The Bertz CT molecular complexity index is 301. The van der Waals surface area contributed by atoms with Crippen molar-refractivity contribution >= 4 is 11.6 Å². The van der Waals surface area contributed by atoms with Gasteiger partial charge in [0.15, 0.2) is 0 Å². The van der Waals surface area contributed by atoms with Crippen LogP contribution >= 0.6 is 0 Å². The van der Waals surface area contributed by atoms with Crippen molar-refractivity contribution in [2.75, 3.05) is 33.7 Å². The molecule has 0 aliphatic carbocycles. The maximum atomic E-state index is 12.3. The molecule has 0 saturated carbocycles. The Hall–Kier alpha value is -0.940. The van der Waals surface area contributed by atoms with E-state index in [-0.39, 0.29) is 11.8 Å². The van der Waals surface area contributed by atoms with Gasteiger partial charge in [-0.2, -0.15) is 5.10 Å². The summed E-state index contributed by atoms with van der Waals surface area (Å²) in [6, 6.07) is 0. The van der Waals surface area contributed by atoms with Crippen LogP contribution in [0.3, 0.4) is 0 Å². The summed E-state index contributed by atoms with van der Waals surface area (Å²) in [5, 5.41) is 6.14. The van der Waals surface area contributed by atoms with Crippen molar-refractivity contribution in [2.45, 2.75) is 32.6 Å². The fourth-order valence-electron chi connectivity index (χ4n) is 2.14. The number of hydrogen-bond acceptors (Lipinski definition) is 4. The Kier molecular flexibility index (Phi) is 6.29. The Labute approximate surface area is 110 Å². The SMILES string of the molecule is CCCC1=NN(CCN(C)C)C(=O)C1CCCN. The summed E-state index contributed by atoms with van der Waals surface area (Å²) in [5.74, 6) is 0.143. The number of carbonyl (C=O) groups excluding carboxylic acids is 1. The zero-order valence-electron chi connectivity index (χ0n) is 11.9. The van der Waals surface area contributed by atoms with E-state index in [9.17, 15) is 4.79 Å². The molecule has 5 heteroatoms. The van der Waals surface area contributed by atoms with Gasteiger partial charge in [0.1, 0.15) is 0 Å². The molecule has 0 radical (unpaired) electrons. The van der Waals surface area contributed by atoms with E-state index in [1.807, 2.05) is 14.1 Å². The molecule has 1 heterocycles. The number of hydrazone groups is 1. The van der Waals surface area contributed by atoms with Crippen LogP contribution in [-0.4, -0.2) is 55.3 Å². The van der Waals surface area contributed by atoms with Crippen molar-refractivity contribution in [2.24, 2.45) is 16.8 Å². The minimum atomic E-state index is -0.0179. The van der Waals surface area contributed by atoms with Crippen LogP contribution in [0, 0.1) is 5.92 Å². The zero-order valence-corrected chi connectivity index (χ0v) is 11.9. The molecule has 0 saturated heterocycles. The first kappa shape index (κ1) is 15.1. The zero-order chi connectivity index (χ0) is 13.5. The molecule has 0 aromatic heterocycles. The van der Waals surface area contributed by atoms with E-state index in [4.69, 9.17) is 5.73 Å². The van der Waals surface area contributed by atoms with Crippen LogP contribution < -0.4 is 5.73 Å². The Balaban J connectivity index is 2.62. The molecule has 0 fully saturated rings. The van der Waals surface area contributed by atoms with Gasteiger partial charge in [-0.25, -0.2) is 5.01 Å². The van der Waals surface area contributed by atoms with E-state index in [0.717, 1.165) is 37.9 Å². The number of carbonyl (C=O) groups is 1. The summed E-state index contributed by atoms with van der Waals surface area (Å²) in [6.45, 7) is 4.28. The quantitative estimate of drug-likeness (QED) is 0.700. The average molecular weight is 254 g/mol. The van der Waals surface area contributed by atoms with E-state index in [2.05, 4.69) is 16.9 Å². The average Bonchev–Trinajstić information content (AvgIpc) is 2.61. The molecule has 0 spiro atoms. The molecule has 1 atom stereocenters. The predicted octanol–water partition coefficient (Wildman–Crippen LogP) is 0.901. The lowest BCUT2D eigenvalue weighted by Crippen LogP contribution is -2.33. The molecule has 1 aliphatic heterocycles. The topological polar surface area (TPSA) is 61.9 Å². The number of hydrogen-bond donors (Lipinski definition) is 1. The first-order chi connectivity index (χ1) is 8.60. The van der Waals surface area contributed by atoms with Crippen LogP contribution in [0.5, 0.6) is 0 Å². The second-order valence-corrected chi connectivity index (χ2v) is 5.09. The van der Waals surface area contributed by atoms with Crippen LogP contribution in [0.15, 0.2) is 5.10 Å². The third kappa shape index (κ3) is 4.07. The van der Waals surface area contributed by atoms with Gasteiger partial charge in [0.05, 0.1) is 18.2 Å². The molecule has 1 rings (SSSR count). The maximum absolute atomic E-state index is 12.3. The van der Waals surface area contributed by atoms with Crippen LogP contribution in [-0.2, 0) is 4.79 Å². The Morgan fingerprint density at radius 2 is 2.17 bits per heavy atom. The van der Waals surface area contributed by atoms with Crippen LogP contribution in [0.4, 0.5) is 0 Å². The van der Waals surface area contributed by atoms with Crippen LogP contribution in [0.25, 0.3) is 0 Å². The van der Waals surface area contributed by atoms with Gasteiger partial charge >= 0.3 is 0 Å². The lowest BCUT2D eigenvalue weighted by Gasteiger charge is -2.16. The summed E-state index contributed by atoms with van der Waals surface area (Å²) in [4.78, 5) is 14.3. The second-order valence-electron chi connectivity index (χ2n) is 5.09. The van der Waals surface area contributed by atoms with Crippen molar-refractivity contribution in [1.29, 1.82) is 0 Å². The third-order valence-electron chi connectivity index (χ3n) is 3.17. The number of amides is 1. The molecule has 1 amide bonds. The minimum absolute atomic E-state index is 0.0179. The highest BCUT2D eigenvalue weighted by atomic mass is 16.2. The summed E-state index contributed by atoms with van der Waals surface area (Å²) in [7, 11) is 4.01. The van der Waals surface area contributed by atoms with E-state index >= 15 is 0 Å². The van der Waals surface area contributed by atoms with E-state index in [1.54, 1.807) is 5.01 Å². The molecule has 2 N–H and O–H groups in total. The first-order valence-corrected chi connectivity index (χ1v) is 6.83. The molecule has 5 nitrogen and oxygen atoms in total. The minimum Gasteiger partial charge on any atom is -0.330 e. The molecule has 0 aromatic rings. The lowest BCUT2D eigenvalue weighted by molar-refractivity contribution is -0.132. The number of rotatable bonds is 8. The highest BCUT2D eigenvalue weighted by Gasteiger charge is 2.34. The summed E-state index contributed by atoms with van der Waals surface area (Å²) < 4.78 is 0. The maximum Gasteiger partial charge on any atom is 0.251 e. The second kappa shape index (κ2) is 7.48. The number of nitrogens with zero attached hydrogens (tertiary/aromatic N) is 3.